The van der Waals surface area contributed by atoms with Crippen molar-refractivity contribution < 1.29 is 0 Å². The fourth-order valence-electron chi connectivity index (χ4n) is 2.04. The van der Waals surface area contributed by atoms with Crippen molar-refractivity contribution in [2.75, 3.05) is 7.05 Å². The van der Waals surface area contributed by atoms with Gasteiger partial charge in [0.05, 0.1) is 11.2 Å². The molecular weight excluding hydrogens is 373 g/mol. The van der Waals surface area contributed by atoms with E-state index in [2.05, 4.69) is 58.3 Å². The highest BCUT2D eigenvalue weighted by molar-refractivity contribution is 14.1. The molecule has 1 atom stereocenters. The van der Waals surface area contributed by atoms with Crippen LogP contribution < -0.4 is 5.32 Å². The first kappa shape index (κ1) is 14.8. The van der Waals surface area contributed by atoms with Crippen molar-refractivity contribution >= 4 is 34.2 Å². The first-order valence-corrected chi connectivity index (χ1v) is 7.73. The number of nitrogens with one attached hydrogen (secondary N) is 1. The molecule has 2 rings (SSSR count). The average Bonchev–Trinajstić information content (AvgIpc) is 2.87. The number of hydrogen-bond acceptors (Lipinski definition) is 2. The van der Waals surface area contributed by atoms with Gasteiger partial charge >= 0.3 is 0 Å². The van der Waals surface area contributed by atoms with Crippen LogP contribution in [0.25, 0.3) is 0 Å². The lowest BCUT2D eigenvalue weighted by atomic mass is 10.0. The lowest BCUT2D eigenvalue weighted by molar-refractivity contribution is 0.590. The third-order valence-electron chi connectivity index (χ3n) is 3.15. The molecule has 102 valence electrons. The molecule has 1 N–H and O–H groups in total. The first-order valence-electron chi connectivity index (χ1n) is 6.27. The Kier molecular flexibility index (Phi) is 5.24. The smallest absolute Gasteiger partial charge is 0.0542 e. The third kappa shape index (κ3) is 3.70. The minimum Gasteiger partial charge on any atom is -0.313 e. The number of halogens is 2. The van der Waals surface area contributed by atoms with Gasteiger partial charge in [-0.15, -0.1) is 0 Å². The average molecular weight is 390 g/mol. The molecule has 0 saturated heterocycles. The molecule has 0 saturated carbocycles. The zero-order chi connectivity index (χ0) is 13.8. The van der Waals surface area contributed by atoms with E-state index in [1.165, 1.54) is 11.1 Å². The topological polar surface area (TPSA) is 29.9 Å². The molecule has 0 aliphatic heterocycles. The minimum atomic E-state index is 0.254. The highest BCUT2D eigenvalue weighted by Gasteiger charge is 2.12. The van der Waals surface area contributed by atoms with E-state index in [0.717, 1.165) is 21.6 Å². The van der Waals surface area contributed by atoms with Crippen molar-refractivity contribution in [2.24, 2.45) is 0 Å². The van der Waals surface area contributed by atoms with Gasteiger partial charge in [0.15, 0.2) is 0 Å². The van der Waals surface area contributed by atoms with Crippen molar-refractivity contribution in [1.82, 2.24) is 15.1 Å². The molecule has 0 aliphatic carbocycles. The fourth-order valence-corrected chi connectivity index (χ4v) is 2.56. The second-order valence-corrected chi connectivity index (χ2v) is 5.99. The lowest BCUT2D eigenvalue weighted by Crippen LogP contribution is -2.18. The molecule has 0 fully saturated rings. The van der Waals surface area contributed by atoms with Crippen LogP contribution in [0.3, 0.4) is 0 Å². The monoisotopic (exact) mass is 389 g/mol. The van der Waals surface area contributed by atoms with E-state index in [4.69, 9.17) is 11.6 Å². The van der Waals surface area contributed by atoms with Crippen LogP contribution in [0.2, 0.25) is 5.02 Å². The fraction of sp³-hybridized carbons (Fsp3) is 0.357. The Morgan fingerprint density at radius 2 is 2.26 bits per heavy atom. The highest BCUT2D eigenvalue weighted by atomic mass is 127. The molecule has 19 heavy (non-hydrogen) atoms. The van der Waals surface area contributed by atoms with Crippen LogP contribution in [0.1, 0.15) is 24.1 Å². The Morgan fingerprint density at radius 1 is 1.47 bits per heavy atom. The molecule has 2 aromatic rings. The molecule has 1 aromatic carbocycles. The SMILES string of the molecule is CCn1cc(CC(NC)c2ccc(I)c(Cl)c2)cn1. The van der Waals surface area contributed by atoms with E-state index in [9.17, 15) is 0 Å². The molecule has 0 aliphatic rings. The van der Waals surface area contributed by atoms with Crippen molar-refractivity contribution in [3.8, 4) is 0 Å². The molecule has 1 aromatic heterocycles. The summed E-state index contributed by atoms with van der Waals surface area (Å²) >= 11 is 8.44. The van der Waals surface area contributed by atoms with E-state index in [-0.39, 0.29) is 6.04 Å². The number of aryl methyl sites for hydroxylation is 1. The van der Waals surface area contributed by atoms with Gasteiger partial charge in [-0.05, 0) is 66.2 Å². The Bertz CT molecular complexity index is 553. The molecule has 5 heteroatoms. The number of nitrogens with zero attached hydrogens (tertiary/aromatic N) is 2. The molecule has 3 nitrogen and oxygen atoms in total. The standard InChI is InChI=1S/C14H17ClIN3/c1-3-19-9-10(8-18-19)6-14(17-2)11-4-5-13(16)12(15)7-11/h4-5,7-9,14,17H,3,6H2,1-2H3. The minimum absolute atomic E-state index is 0.254. The normalized spacial score (nSPS) is 12.6. The van der Waals surface area contributed by atoms with E-state index in [1.54, 1.807) is 0 Å². The summed E-state index contributed by atoms with van der Waals surface area (Å²) in [5.74, 6) is 0. The van der Waals surface area contributed by atoms with Crippen LogP contribution in [-0.2, 0) is 13.0 Å². The number of rotatable bonds is 5. The van der Waals surface area contributed by atoms with Crippen LogP contribution in [0.4, 0.5) is 0 Å². The van der Waals surface area contributed by atoms with Crippen LogP contribution in [-0.4, -0.2) is 16.8 Å². The van der Waals surface area contributed by atoms with E-state index in [0.29, 0.717) is 0 Å². The van der Waals surface area contributed by atoms with Gasteiger partial charge in [0, 0.05) is 22.4 Å². The molecule has 0 spiro atoms. The first-order chi connectivity index (χ1) is 9.13. The summed E-state index contributed by atoms with van der Waals surface area (Å²) in [4.78, 5) is 0. The predicted octanol–water partition coefficient (Wildman–Crippen LogP) is 3.66. The Morgan fingerprint density at radius 3 is 2.84 bits per heavy atom. The highest BCUT2D eigenvalue weighted by Crippen LogP contribution is 2.25. The lowest BCUT2D eigenvalue weighted by Gasteiger charge is -2.16. The summed E-state index contributed by atoms with van der Waals surface area (Å²) in [6.07, 6.45) is 4.94. The van der Waals surface area contributed by atoms with Crippen molar-refractivity contribution in [2.45, 2.75) is 25.9 Å². The van der Waals surface area contributed by atoms with Crippen LogP contribution in [0.5, 0.6) is 0 Å². The summed E-state index contributed by atoms with van der Waals surface area (Å²) in [6.45, 7) is 2.99. The zero-order valence-electron chi connectivity index (χ0n) is 11.0. The maximum Gasteiger partial charge on any atom is 0.0542 e. The van der Waals surface area contributed by atoms with Crippen LogP contribution in [0.15, 0.2) is 30.6 Å². The van der Waals surface area contributed by atoms with E-state index < -0.39 is 0 Å². The zero-order valence-corrected chi connectivity index (χ0v) is 13.9. The van der Waals surface area contributed by atoms with Gasteiger partial charge in [0.25, 0.3) is 0 Å². The Balaban J connectivity index is 2.17. The van der Waals surface area contributed by atoms with Crippen LogP contribution >= 0.6 is 34.2 Å². The molecule has 0 bridgehead atoms. The largest absolute Gasteiger partial charge is 0.313 e. The van der Waals surface area contributed by atoms with E-state index in [1.807, 2.05) is 24.0 Å². The summed E-state index contributed by atoms with van der Waals surface area (Å²) in [7, 11) is 1.97. The second kappa shape index (κ2) is 6.72. The molecule has 1 heterocycles. The summed E-state index contributed by atoms with van der Waals surface area (Å²) in [5, 5.41) is 8.46. The molecule has 1 unspecified atom stereocenters. The van der Waals surface area contributed by atoms with Gasteiger partial charge in [-0.3, -0.25) is 4.68 Å². The van der Waals surface area contributed by atoms with Gasteiger partial charge in [-0.25, -0.2) is 0 Å². The van der Waals surface area contributed by atoms with Crippen molar-refractivity contribution in [3.05, 3.63) is 50.3 Å². The molecule has 0 amide bonds. The van der Waals surface area contributed by atoms with Crippen LogP contribution in [0, 0.1) is 3.57 Å². The van der Waals surface area contributed by atoms with Crippen molar-refractivity contribution in [3.63, 3.8) is 0 Å². The molecule has 0 radical (unpaired) electrons. The maximum absolute atomic E-state index is 6.19. The Hall–Kier alpha value is -0.590. The second-order valence-electron chi connectivity index (χ2n) is 4.42. The summed E-state index contributed by atoms with van der Waals surface area (Å²) in [5.41, 5.74) is 2.44. The van der Waals surface area contributed by atoms with Gasteiger partial charge < -0.3 is 5.32 Å². The van der Waals surface area contributed by atoms with E-state index >= 15 is 0 Å². The predicted molar refractivity (Wildman–Crippen MR) is 87.6 cm³/mol. The number of likely N-dealkylation sites (N-methyl/N-ethyl adjacent to an activating group) is 1. The van der Waals surface area contributed by atoms with Gasteiger partial charge in [0.2, 0.25) is 0 Å². The van der Waals surface area contributed by atoms with Gasteiger partial charge in [-0.1, -0.05) is 17.7 Å². The molecular formula is C14H17ClIN3. The Labute approximate surface area is 132 Å². The summed E-state index contributed by atoms with van der Waals surface area (Å²) < 4.78 is 3.03. The number of hydrogen-bond donors (Lipinski definition) is 1. The third-order valence-corrected chi connectivity index (χ3v) is 4.72. The van der Waals surface area contributed by atoms with Crippen molar-refractivity contribution in [1.29, 1.82) is 0 Å². The summed E-state index contributed by atoms with van der Waals surface area (Å²) in [6, 6.07) is 6.47. The quantitative estimate of drug-likeness (QED) is 0.791. The maximum atomic E-state index is 6.19. The number of benzene rings is 1. The van der Waals surface area contributed by atoms with Gasteiger partial charge in [0.1, 0.15) is 0 Å². The number of aromatic nitrogens is 2. The van der Waals surface area contributed by atoms with Gasteiger partial charge in [-0.2, -0.15) is 5.10 Å².